The quantitative estimate of drug-likeness (QED) is 0.597. The van der Waals surface area contributed by atoms with E-state index in [4.69, 9.17) is 5.11 Å². The standard InChI is InChI=1S/C5H4N2O4.C5H5N.H2O/c8-3-1-2(4(9)10)6-5(11)7-3;1-2-4-6-5-3-1;/h1H,(H,9,10)(H2,6,7,8,11);1-5H;1H2. The molecule has 2 aromatic heterocycles. The van der Waals surface area contributed by atoms with E-state index in [2.05, 4.69) is 4.98 Å². The third-order valence-electron chi connectivity index (χ3n) is 1.56. The lowest BCUT2D eigenvalue weighted by Crippen LogP contribution is -2.24. The number of aromatic amines is 2. The number of aromatic nitrogens is 3. The number of pyridine rings is 1. The molecule has 0 amide bonds. The summed E-state index contributed by atoms with van der Waals surface area (Å²) in [5, 5.41) is 8.31. The van der Waals surface area contributed by atoms with E-state index in [-0.39, 0.29) is 5.48 Å². The van der Waals surface area contributed by atoms with Gasteiger partial charge in [-0.3, -0.25) is 14.8 Å². The van der Waals surface area contributed by atoms with E-state index in [9.17, 15) is 14.4 Å². The summed E-state index contributed by atoms with van der Waals surface area (Å²) in [5.74, 6) is -1.34. The first kappa shape index (κ1) is 15.3. The maximum absolute atomic E-state index is 10.5. The van der Waals surface area contributed by atoms with Gasteiger partial charge in [-0.05, 0) is 12.1 Å². The highest BCUT2D eigenvalue weighted by molar-refractivity contribution is 5.84. The summed E-state index contributed by atoms with van der Waals surface area (Å²) in [6.07, 6.45) is 3.50. The zero-order valence-electron chi connectivity index (χ0n) is 9.08. The first-order chi connectivity index (χ1) is 8.09. The molecule has 2 aromatic rings. The van der Waals surface area contributed by atoms with Gasteiger partial charge in [-0.1, -0.05) is 6.07 Å². The van der Waals surface area contributed by atoms with Crippen molar-refractivity contribution >= 4 is 5.97 Å². The maximum atomic E-state index is 10.5. The first-order valence-corrected chi connectivity index (χ1v) is 4.51. The Morgan fingerprint density at radius 1 is 1.11 bits per heavy atom. The Balaban J connectivity index is 0.000000352. The highest BCUT2D eigenvalue weighted by Crippen LogP contribution is 1.81. The Bertz CT molecular complexity index is 535. The van der Waals surface area contributed by atoms with Gasteiger partial charge in [-0.2, -0.15) is 0 Å². The van der Waals surface area contributed by atoms with Gasteiger partial charge in [0.15, 0.2) is 0 Å². The van der Waals surface area contributed by atoms with E-state index in [0.29, 0.717) is 0 Å². The van der Waals surface area contributed by atoms with Crippen LogP contribution in [-0.2, 0) is 0 Å². The Kier molecular flexibility index (Phi) is 6.38. The third-order valence-corrected chi connectivity index (χ3v) is 1.56. The number of hydrogen-bond donors (Lipinski definition) is 3. The number of carboxylic acids is 1. The Morgan fingerprint density at radius 3 is 2.06 bits per heavy atom. The predicted octanol–water partition coefficient (Wildman–Crippen LogP) is -0.982. The molecule has 8 heteroatoms. The van der Waals surface area contributed by atoms with Crippen LogP contribution in [0, 0.1) is 0 Å². The van der Waals surface area contributed by atoms with Gasteiger partial charge in [0, 0.05) is 18.5 Å². The smallest absolute Gasteiger partial charge is 0.352 e. The molecule has 0 bridgehead atoms. The van der Waals surface area contributed by atoms with Gasteiger partial charge in [0.05, 0.1) is 0 Å². The number of aromatic carboxylic acids is 1. The van der Waals surface area contributed by atoms with Gasteiger partial charge in [-0.15, -0.1) is 0 Å². The van der Waals surface area contributed by atoms with Gasteiger partial charge < -0.3 is 15.6 Å². The largest absolute Gasteiger partial charge is 0.477 e. The summed E-state index contributed by atoms with van der Waals surface area (Å²) in [6, 6.07) is 6.51. The molecular weight excluding hydrogens is 242 g/mol. The zero-order valence-corrected chi connectivity index (χ0v) is 9.08. The molecule has 0 atom stereocenters. The maximum Gasteiger partial charge on any atom is 0.352 e. The van der Waals surface area contributed by atoms with E-state index in [1.165, 1.54) is 0 Å². The van der Waals surface area contributed by atoms with Gasteiger partial charge in [0.1, 0.15) is 5.69 Å². The highest BCUT2D eigenvalue weighted by Gasteiger charge is 2.03. The van der Waals surface area contributed by atoms with Crippen LogP contribution in [0.15, 0.2) is 46.2 Å². The number of H-pyrrole nitrogens is 2. The van der Waals surface area contributed by atoms with Crippen molar-refractivity contribution in [2.24, 2.45) is 0 Å². The summed E-state index contributed by atoms with van der Waals surface area (Å²) in [7, 11) is 0. The van der Waals surface area contributed by atoms with Crippen LogP contribution in [0.1, 0.15) is 10.5 Å². The van der Waals surface area contributed by atoms with Crippen LogP contribution in [0.3, 0.4) is 0 Å². The van der Waals surface area contributed by atoms with Crippen LogP contribution < -0.4 is 11.2 Å². The average molecular weight is 253 g/mol. The monoisotopic (exact) mass is 253 g/mol. The van der Waals surface area contributed by atoms with Crippen LogP contribution in [-0.4, -0.2) is 31.5 Å². The van der Waals surface area contributed by atoms with Crippen molar-refractivity contribution < 1.29 is 15.4 Å². The minimum absolute atomic E-state index is 0. The molecule has 2 heterocycles. The number of nitrogens with one attached hydrogen (secondary N) is 2. The molecule has 0 aliphatic carbocycles. The first-order valence-electron chi connectivity index (χ1n) is 4.51. The van der Waals surface area contributed by atoms with E-state index in [1.807, 2.05) is 28.2 Å². The molecule has 0 aliphatic heterocycles. The topological polar surface area (TPSA) is 147 Å². The molecule has 2 rings (SSSR count). The predicted molar refractivity (Wildman–Crippen MR) is 62.5 cm³/mol. The number of nitrogens with zero attached hydrogens (tertiary/aromatic N) is 1. The van der Waals surface area contributed by atoms with Gasteiger partial charge >= 0.3 is 11.7 Å². The van der Waals surface area contributed by atoms with Gasteiger partial charge in [-0.25, -0.2) is 9.59 Å². The molecule has 5 N–H and O–H groups in total. The Labute approximate surface area is 100 Å². The molecule has 0 fully saturated rings. The van der Waals surface area contributed by atoms with Crippen molar-refractivity contribution in [1.29, 1.82) is 0 Å². The number of carbonyl (C=O) groups is 1. The highest BCUT2D eigenvalue weighted by atomic mass is 16.4. The summed E-state index contributed by atoms with van der Waals surface area (Å²) in [6.45, 7) is 0. The number of carboxylic acid groups (broad SMARTS) is 1. The summed E-state index contributed by atoms with van der Waals surface area (Å²) >= 11 is 0. The van der Waals surface area contributed by atoms with Gasteiger partial charge in [0.25, 0.3) is 5.56 Å². The van der Waals surface area contributed by atoms with E-state index < -0.39 is 22.9 Å². The van der Waals surface area contributed by atoms with Crippen molar-refractivity contribution in [3.05, 3.63) is 63.2 Å². The lowest BCUT2D eigenvalue weighted by Gasteiger charge is -1.89. The molecule has 96 valence electrons. The molecule has 8 nitrogen and oxygen atoms in total. The molecule has 18 heavy (non-hydrogen) atoms. The molecule has 0 saturated carbocycles. The molecule has 0 saturated heterocycles. The number of rotatable bonds is 1. The second kappa shape index (κ2) is 7.52. The molecule has 0 aliphatic rings. The molecule has 0 unspecified atom stereocenters. The van der Waals surface area contributed by atoms with Crippen LogP contribution in [0.2, 0.25) is 0 Å². The SMILES string of the molecule is O.O=C(O)c1cc(=O)[nH]c(=O)[nH]1.c1ccncc1. The fourth-order valence-corrected chi connectivity index (χ4v) is 0.897. The lowest BCUT2D eigenvalue weighted by molar-refractivity contribution is 0.0689. The molecule has 0 spiro atoms. The van der Waals surface area contributed by atoms with Crippen molar-refractivity contribution in [1.82, 2.24) is 15.0 Å². The Morgan fingerprint density at radius 2 is 1.72 bits per heavy atom. The minimum atomic E-state index is -1.34. The summed E-state index contributed by atoms with van der Waals surface area (Å²) < 4.78 is 0. The van der Waals surface area contributed by atoms with Crippen molar-refractivity contribution in [3.63, 3.8) is 0 Å². The summed E-state index contributed by atoms with van der Waals surface area (Å²) in [5.41, 5.74) is -1.97. The summed E-state index contributed by atoms with van der Waals surface area (Å²) in [4.78, 5) is 38.7. The Hall–Kier alpha value is -2.74. The number of hydrogen-bond acceptors (Lipinski definition) is 4. The average Bonchev–Trinajstić information content (AvgIpc) is 2.31. The van der Waals surface area contributed by atoms with Crippen LogP contribution >= 0.6 is 0 Å². The van der Waals surface area contributed by atoms with Crippen molar-refractivity contribution in [2.45, 2.75) is 0 Å². The normalized spacial score (nSPS) is 8.44. The van der Waals surface area contributed by atoms with E-state index in [1.54, 1.807) is 12.4 Å². The van der Waals surface area contributed by atoms with E-state index >= 15 is 0 Å². The second-order valence-electron chi connectivity index (χ2n) is 2.83. The molecule has 0 aromatic carbocycles. The zero-order chi connectivity index (χ0) is 12.7. The van der Waals surface area contributed by atoms with Crippen molar-refractivity contribution in [2.75, 3.05) is 0 Å². The van der Waals surface area contributed by atoms with Crippen LogP contribution in [0.5, 0.6) is 0 Å². The minimum Gasteiger partial charge on any atom is -0.477 e. The fraction of sp³-hybridized carbons (Fsp3) is 0. The van der Waals surface area contributed by atoms with Crippen LogP contribution in [0.4, 0.5) is 0 Å². The molecule has 0 radical (unpaired) electrons. The second-order valence-corrected chi connectivity index (χ2v) is 2.83. The van der Waals surface area contributed by atoms with E-state index in [0.717, 1.165) is 6.07 Å². The lowest BCUT2D eigenvalue weighted by atomic mass is 10.4. The van der Waals surface area contributed by atoms with Crippen molar-refractivity contribution in [3.8, 4) is 0 Å². The molecular formula is C10H11N3O5. The van der Waals surface area contributed by atoms with Gasteiger partial charge in [0.2, 0.25) is 0 Å². The third kappa shape index (κ3) is 5.37. The fourth-order valence-electron chi connectivity index (χ4n) is 0.897. The van der Waals surface area contributed by atoms with Crippen LogP contribution in [0.25, 0.3) is 0 Å².